The van der Waals surface area contributed by atoms with Gasteiger partial charge in [0.05, 0.1) is 6.54 Å². The molecule has 6 heteroatoms. The van der Waals surface area contributed by atoms with Gasteiger partial charge in [0.15, 0.2) is 5.82 Å². The number of rotatable bonds is 5. The third-order valence-corrected chi connectivity index (χ3v) is 2.77. The molecular weight excluding hydrogens is 264 g/mol. The summed E-state index contributed by atoms with van der Waals surface area (Å²) in [5.41, 5.74) is 5.74. The molecule has 112 valence electrons. The van der Waals surface area contributed by atoms with E-state index >= 15 is 0 Å². The average molecular weight is 291 g/mol. The molecule has 0 spiro atoms. The molecule has 19 heavy (non-hydrogen) atoms. The van der Waals surface area contributed by atoms with Crippen LogP contribution in [-0.2, 0) is 12.0 Å². The van der Waals surface area contributed by atoms with Crippen LogP contribution in [0.5, 0.6) is 0 Å². The summed E-state index contributed by atoms with van der Waals surface area (Å²) >= 11 is 0. The highest BCUT2D eigenvalue weighted by molar-refractivity contribution is 5.85. The summed E-state index contributed by atoms with van der Waals surface area (Å²) in [4.78, 5) is 6.60. The summed E-state index contributed by atoms with van der Waals surface area (Å²) < 4.78 is 5.27. The van der Waals surface area contributed by atoms with Crippen molar-refractivity contribution in [1.29, 1.82) is 0 Å². The Morgan fingerprint density at radius 3 is 2.21 bits per heavy atom. The van der Waals surface area contributed by atoms with Gasteiger partial charge < -0.3 is 10.3 Å². The third kappa shape index (κ3) is 5.89. The zero-order valence-corrected chi connectivity index (χ0v) is 13.7. The van der Waals surface area contributed by atoms with E-state index in [1.165, 1.54) is 0 Å². The zero-order chi connectivity index (χ0) is 14.0. The van der Waals surface area contributed by atoms with Crippen molar-refractivity contribution in [2.24, 2.45) is 11.1 Å². The molecule has 0 aliphatic rings. The number of nitrogens with zero attached hydrogens (tertiary/aromatic N) is 3. The van der Waals surface area contributed by atoms with E-state index < -0.39 is 0 Å². The first-order chi connectivity index (χ1) is 8.14. The van der Waals surface area contributed by atoms with Gasteiger partial charge in [0, 0.05) is 12.0 Å². The second kappa shape index (κ2) is 6.68. The molecular formula is C13H27ClN4O. The van der Waals surface area contributed by atoms with Crippen molar-refractivity contribution in [3.05, 3.63) is 11.7 Å². The van der Waals surface area contributed by atoms with Crippen molar-refractivity contribution < 1.29 is 4.52 Å². The highest BCUT2D eigenvalue weighted by Crippen LogP contribution is 2.20. The predicted molar refractivity (Wildman–Crippen MR) is 79.4 cm³/mol. The van der Waals surface area contributed by atoms with E-state index in [0.717, 1.165) is 12.4 Å². The van der Waals surface area contributed by atoms with Gasteiger partial charge in [-0.15, -0.1) is 12.4 Å². The van der Waals surface area contributed by atoms with Crippen molar-refractivity contribution in [3.63, 3.8) is 0 Å². The maximum atomic E-state index is 5.73. The first-order valence-electron chi connectivity index (χ1n) is 6.36. The quantitative estimate of drug-likeness (QED) is 0.900. The minimum atomic E-state index is -0.0969. The monoisotopic (exact) mass is 290 g/mol. The Balaban J connectivity index is 0.00000324. The Bertz CT molecular complexity index is 384. The molecule has 0 saturated heterocycles. The molecule has 0 aliphatic heterocycles. The first-order valence-corrected chi connectivity index (χ1v) is 6.36. The van der Waals surface area contributed by atoms with Crippen LogP contribution in [0.1, 0.15) is 46.3 Å². The largest absolute Gasteiger partial charge is 0.339 e. The standard InChI is InChI=1S/C13H26N4O.ClH/c1-12(2,3)11-15-10(16-18-11)7-17(6)9-13(4,5)8-14;/h7-9,14H2,1-6H3;1H. The fourth-order valence-corrected chi connectivity index (χ4v) is 1.72. The normalized spacial score (nSPS) is 12.6. The zero-order valence-electron chi connectivity index (χ0n) is 12.9. The smallest absolute Gasteiger partial charge is 0.232 e. The highest BCUT2D eigenvalue weighted by atomic mass is 35.5. The molecule has 0 saturated carbocycles. The Labute approximate surface area is 122 Å². The van der Waals surface area contributed by atoms with Crippen LogP contribution in [0.2, 0.25) is 0 Å². The number of aromatic nitrogens is 2. The van der Waals surface area contributed by atoms with Gasteiger partial charge in [-0.25, -0.2) is 0 Å². The van der Waals surface area contributed by atoms with Crippen molar-refractivity contribution in [1.82, 2.24) is 15.0 Å². The highest BCUT2D eigenvalue weighted by Gasteiger charge is 2.23. The molecule has 1 aromatic heterocycles. The van der Waals surface area contributed by atoms with E-state index in [1.54, 1.807) is 0 Å². The summed E-state index contributed by atoms with van der Waals surface area (Å²) in [5.74, 6) is 1.42. The van der Waals surface area contributed by atoms with E-state index in [2.05, 4.69) is 49.7 Å². The molecule has 1 aromatic rings. The Morgan fingerprint density at radius 1 is 1.21 bits per heavy atom. The molecule has 0 bridgehead atoms. The van der Waals surface area contributed by atoms with Crippen molar-refractivity contribution in [2.45, 2.75) is 46.6 Å². The molecule has 1 heterocycles. The van der Waals surface area contributed by atoms with Crippen LogP contribution in [0.3, 0.4) is 0 Å². The summed E-state index contributed by atoms with van der Waals surface area (Å²) in [5, 5.41) is 4.02. The maximum absolute atomic E-state index is 5.73. The van der Waals surface area contributed by atoms with Gasteiger partial charge in [0.1, 0.15) is 0 Å². The van der Waals surface area contributed by atoms with Gasteiger partial charge in [-0.3, -0.25) is 4.90 Å². The molecule has 0 radical (unpaired) electrons. The van der Waals surface area contributed by atoms with Crippen molar-refractivity contribution in [2.75, 3.05) is 20.1 Å². The fourth-order valence-electron chi connectivity index (χ4n) is 1.72. The van der Waals surface area contributed by atoms with Gasteiger partial charge in [-0.2, -0.15) is 4.98 Å². The third-order valence-electron chi connectivity index (χ3n) is 2.77. The Hall–Kier alpha value is -0.650. The van der Waals surface area contributed by atoms with Gasteiger partial charge >= 0.3 is 0 Å². The molecule has 5 nitrogen and oxygen atoms in total. The lowest BCUT2D eigenvalue weighted by Crippen LogP contribution is -2.36. The van der Waals surface area contributed by atoms with Crippen LogP contribution in [-0.4, -0.2) is 35.2 Å². The molecule has 0 atom stereocenters. The molecule has 1 rings (SSSR count). The number of hydrogen-bond acceptors (Lipinski definition) is 5. The Kier molecular flexibility index (Phi) is 6.45. The molecule has 2 N–H and O–H groups in total. The van der Waals surface area contributed by atoms with Gasteiger partial charge in [0.25, 0.3) is 0 Å². The lowest BCUT2D eigenvalue weighted by molar-refractivity contribution is 0.204. The number of halogens is 1. The lowest BCUT2D eigenvalue weighted by atomic mass is 9.93. The fraction of sp³-hybridized carbons (Fsp3) is 0.846. The molecule has 0 fully saturated rings. The van der Waals surface area contributed by atoms with Crippen LogP contribution in [0.15, 0.2) is 4.52 Å². The van der Waals surface area contributed by atoms with Crippen LogP contribution < -0.4 is 5.73 Å². The van der Waals surface area contributed by atoms with E-state index in [9.17, 15) is 0 Å². The van der Waals surface area contributed by atoms with Crippen LogP contribution in [0, 0.1) is 5.41 Å². The molecule has 0 aromatic carbocycles. The van der Waals surface area contributed by atoms with Crippen LogP contribution in [0.4, 0.5) is 0 Å². The summed E-state index contributed by atoms with van der Waals surface area (Å²) in [6.45, 7) is 12.7. The molecule has 0 aliphatic carbocycles. The summed E-state index contributed by atoms with van der Waals surface area (Å²) in [6, 6.07) is 0. The number of hydrogen-bond donors (Lipinski definition) is 1. The number of nitrogens with two attached hydrogens (primary N) is 1. The minimum absolute atomic E-state index is 0. The minimum Gasteiger partial charge on any atom is -0.339 e. The summed E-state index contributed by atoms with van der Waals surface area (Å²) in [6.07, 6.45) is 0. The average Bonchev–Trinajstić information content (AvgIpc) is 2.64. The van der Waals surface area contributed by atoms with E-state index in [0.29, 0.717) is 19.0 Å². The van der Waals surface area contributed by atoms with Crippen LogP contribution >= 0.6 is 12.4 Å². The SMILES string of the molecule is CN(Cc1noc(C(C)(C)C)n1)CC(C)(C)CN.Cl. The van der Waals surface area contributed by atoms with E-state index in [-0.39, 0.29) is 23.2 Å². The lowest BCUT2D eigenvalue weighted by Gasteiger charge is -2.28. The van der Waals surface area contributed by atoms with Gasteiger partial charge in [-0.1, -0.05) is 39.8 Å². The topological polar surface area (TPSA) is 68.2 Å². The van der Waals surface area contributed by atoms with Crippen molar-refractivity contribution in [3.8, 4) is 0 Å². The molecule has 0 unspecified atom stereocenters. The summed E-state index contributed by atoms with van der Waals surface area (Å²) in [7, 11) is 2.05. The second-order valence-electron chi connectivity index (χ2n) is 6.81. The predicted octanol–water partition coefficient (Wildman–Crippen LogP) is 2.21. The van der Waals surface area contributed by atoms with E-state index in [1.807, 2.05) is 7.05 Å². The van der Waals surface area contributed by atoms with Gasteiger partial charge in [0.2, 0.25) is 5.89 Å². The van der Waals surface area contributed by atoms with Crippen LogP contribution in [0.25, 0.3) is 0 Å². The first kappa shape index (κ1) is 18.4. The van der Waals surface area contributed by atoms with E-state index in [4.69, 9.17) is 10.3 Å². The molecule has 0 amide bonds. The second-order valence-corrected chi connectivity index (χ2v) is 6.81. The maximum Gasteiger partial charge on any atom is 0.232 e. The Morgan fingerprint density at radius 2 is 1.79 bits per heavy atom. The van der Waals surface area contributed by atoms with Gasteiger partial charge in [-0.05, 0) is 19.0 Å². The van der Waals surface area contributed by atoms with Crippen molar-refractivity contribution >= 4 is 12.4 Å².